The molecule has 0 aliphatic rings. The molecule has 2 aromatic carbocycles. The van der Waals surface area contributed by atoms with Crippen molar-refractivity contribution in [3.05, 3.63) is 54.1 Å². The van der Waals surface area contributed by atoms with Gasteiger partial charge in [0.15, 0.2) is 5.58 Å². The first-order valence-corrected chi connectivity index (χ1v) is 5.58. The van der Waals surface area contributed by atoms with Crippen LogP contribution in [-0.4, -0.2) is 4.98 Å². The van der Waals surface area contributed by atoms with E-state index in [9.17, 15) is 13.2 Å². The second-order valence-electron chi connectivity index (χ2n) is 4.03. The van der Waals surface area contributed by atoms with Gasteiger partial charge in [-0.1, -0.05) is 24.3 Å². The molecule has 3 aromatic rings. The van der Waals surface area contributed by atoms with Gasteiger partial charge in [-0.15, -0.1) is 0 Å². The Labute approximate surface area is 106 Å². The molecule has 0 unspecified atom stereocenters. The lowest BCUT2D eigenvalue weighted by atomic mass is 10.1. The maximum Gasteiger partial charge on any atom is 0.417 e. The Bertz CT molecular complexity index is 698. The molecule has 0 amide bonds. The summed E-state index contributed by atoms with van der Waals surface area (Å²) in [4.78, 5) is 4.09. The summed E-state index contributed by atoms with van der Waals surface area (Å²) in [5.41, 5.74) is 0.205. The second kappa shape index (κ2) is 4.12. The first-order valence-electron chi connectivity index (χ1n) is 5.58. The Kier molecular flexibility index (Phi) is 2.55. The zero-order chi connectivity index (χ0) is 13.5. The Morgan fingerprint density at radius 1 is 0.895 bits per heavy atom. The number of para-hydroxylation sites is 2. The fourth-order valence-electron chi connectivity index (χ4n) is 1.90. The van der Waals surface area contributed by atoms with E-state index in [4.69, 9.17) is 4.42 Å². The first-order chi connectivity index (χ1) is 9.05. The van der Waals surface area contributed by atoms with Gasteiger partial charge < -0.3 is 4.42 Å². The molecule has 0 spiro atoms. The second-order valence-corrected chi connectivity index (χ2v) is 4.03. The molecular formula is C14H8F3NO. The average Bonchev–Trinajstić information content (AvgIpc) is 2.81. The number of fused-ring (bicyclic) bond motifs is 1. The SMILES string of the molecule is FC(F)(F)c1ccccc1-c1nc2ccccc2o1. The number of rotatable bonds is 1. The van der Waals surface area contributed by atoms with Crippen molar-refractivity contribution in [3.63, 3.8) is 0 Å². The third-order valence-corrected chi connectivity index (χ3v) is 2.76. The van der Waals surface area contributed by atoms with Crippen molar-refractivity contribution in [2.45, 2.75) is 6.18 Å². The van der Waals surface area contributed by atoms with Gasteiger partial charge in [-0.25, -0.2) is 4.98 Å². The summed E-state index contributed by atoms with van der Waals surface area (Å²) >= 11 is 0. The zero-order valence-corrected chi connectivity index (χ0v) is 9.61. The number of alkyl halides is 3. The molecular weight excluding hydrogens is 255 g/mol. The van der Waals surface area contributed by atoms with E-state index in [1.807, 2.05) is 0 Å². The molecule has 0 aliphatic heterocycles. The zero-order valence-electron chi connectivity index (χ0n) is 9.61. The van der Waals surface area contributed by atoms with Crippen molar-refractivity contribution < 1.29 is 17.6 Å². The Hall–Kier alpha value is -2.30. The van der Waals surface area contributed by atoms with Gasteiger partial charge in [0.25, 0.3) is 0 Å². The minimum Gasteiger partial charge on any atom is -0.436 e. The fourth-order valence-corrected chi connectivity index (χ4v) is 1.90. The number of hydrogen-bond donors (Lipinski definition) is 0. The standard InChI is InChI=1S/C14H8F3NO/c15-14(16,17)10-6-2-1-5-9(10)13-18-11-7-3-4-8-12(11)19-13/h1-8H. The quantitative estimate of drug-likeness (QED) is 0.645. The van der Waals surface area contributed by atoms with Crippen LogP contribution in [0.1, 0.15) is 5.56 Å². The highest BCUT2D eigenvalue weighted by molar-refractivity contribution is 5.76. The molecule has 0 fully saturated rings. The van der Waals surface area contributed by atoms with Crippen LogP contribution in [0.4, 0.5) is 13.2 Å². The van der Waals surface area contributed by atoms with E-state index in [0.29, 0.717) is 11.1 Å². The van der Waals surface area contributed by atoms with Crippen LogP contribution in [0.15, 0.2) is 52.9 Å². The van der Waals surface area contributed by atoms with Crippen LogP contribution in [0.3, 0.4) is 0 Å². The summed E-state index contributed by atoms with van der Waals surface area (Å²) in [6, 6.07) is 12.1. The monoisotopic (exact) mass is 263 g/mol. The van der Waals surface area contributed by atoms with E-state index in [0.717, 1.165) is 6.07 Å². The van der Waals surface area contributed by atoms with E-state index >= 15 is 0 Å². The van der Waals surface area contributed by atoms with Crippen LogP contribution >= 0.6 is 0 Å². The number of oxazole rings is 1. The predicted molar refractivity (Wildman–Crippen MR) is 64.4 cm³/mol. The Morgan fingerprint density at radius 3 is 2.32 bits per heavy atom. The summed E-state index contributed by atoms with van der Waals surface area (Å²) < 4.78 is 44.1. The normalized spacial score (nSPS) is 11.9. The van der Waals surface area contributed by atoms with Crippen LogP contribution in [-0.2, 0) is 6.18 Å². The van der Waals surface area contributed by atoms with Crippen LogP contribution in [0.5, 0.6) is 0 Å². The van der Waals surface area contributed by atoms with Gasteiger partial charge in [-0.2, -0.15) is 13.2 Å². The average molecular weight is 263 g/mol. The summed E-state index contributed by atoms with van der Waals surface area (Å²) in [6.45, 7) is 0. The van der Waals surface area contributed by atoms with Crippen molar-refractivity contribution in [3.8, 4) is 11.5 Å². The van der Waals surface area contributed by atoms with Crippen LogP contribution in [0.2, 0.25) is 0 Å². The smallest absolute Gasteiger partial charge is 0.417 e. The summed E-state index contributed by atoms with van der Waals surface area (Å²) in [6.07, 6.45) is -4.43. The summed E-state index contributed by atoms with van der Waals surface area (Å²) in [7, 11) is 0. The molecule has 0 atom stereocenters. The highest BCUT2D eigenvalue weighted by atomic mass is 19.4. The van der Waals surface area contributed by atoms with Gasteiger partial charge in [0.2, 0.25) is 5.89 Å². The third kappa shape index (κ3) is 2.07. The third-order valence-electron chi connectivity index (χ3n) is 2.76. The molecule has 0 bridgehead atoms. The number of hydrogen-bond acceptors (Lipinski definition) is 2. The molecule has 1 heterocycles. The Morgan fingerprint density at radius 2 is 1.58 bits per heavy atom. The van der Waals surface area contributed by atoms with E-state index in [1.54, 1.807) is 24.3 Å². The topological polar surface area (TPSA) is 26.0 Å². The molecule has 5 heteroatoms. The van der Waals surface area contributed by atoms with Gasteiger partial charge in [0.05, 0.1) is 5.56 Å². The number of nitrogens with zero attached hydrogens (tertiary/aromatic N) is 1. The molecule has 2 nitrogen and oxygen atoms in total. The maximum absolute atomic E-state index is 12.9. The maximum atomic E-state index is 12.9. The molecule has 0 N–H and O–H groups in total. The van der Waals surface area contributed by atoms with Gasteiger partial charge in [-0.05, 0) is 24.3 Å². The largest absolute Gasteiger partial charge is 0.436 e. The Balaban J connectivity index is 2.22. The first kappa shape index (κ1) is 11.8. The van der Waals surface area contributed by atoms with Crippen molar-refractivity contribution >= 4 is 11.1 Å². The molecule has 0 radical (unpaired) electrons. The minimum absolute atomic E-state index is 0.0193. The lowest BCUT2D eigenvalue weighted by molar-refractivity contribution is -0.137. The molecule has 0 aliphatic carbocycles. The molecule has 96 valence electrons. The van der Waals surface area contributed by atoms with Crippen molar-refractivity contribution in [1.29, 1.82) is 0 Å². The van der Waals surface area contributed by atoms with Crippen molar-refractivity contribution in [2.24, 2.45) is 0 Å². The number of benzene rings is 2. The van der Waals surface area contributed by atoms with Crippen LogP contribution in [0.25, 0.3) is 22.6 Å². The van der Waals surface area contributed by atoms with Gasteiger partial charge in [0.1, 0.15) is 5.52 Å². The fraction of sp³-hybridized carbons (Fsp3) is 0.0714. The van der Waals surface area contributed by atoms with E-state index in [2.05, 4.69) is 4.98 Å². The lowest BCUT2D eigenvalue weighted by Gasteiger charge is -2.09. The van der Waals surface area contributed by atoms with Crippen molar-refractivity contribution in [2.75, 3.05) is 0 Å². The highest BCUT2D eigenvalue weighted by Crippen LogP contribution is 2.37. The minimum atomic E-state index is -4.43. The predicted octanol–water partition coefficient (Wildman–Crippen LogP) is 4.51. The van der Waals surface area contributed by atoms with E-state index < -0.39 is 11.7 Å². The molecule has 0 saturated heterocycles. The van der Waals surface area contributed by atoms with E-state index in [1.165, 1.54) is 18.2 Å². The van der Waals surface area contributed by atoms with Crippen molar-refractivity contribution in [1.82, 2.24) is 4.98 Å². The summed E-state index contributed by atoms with van der Waals surface area (Å²) in [5.74, 6) is -0.0193. The highest BCUT2D eigenvalue weighted by Gasteiger charge is 2.34. The molecule has 19 heavy (non-hydrogen) atoms. The van der Waals surface area contributed by atoms with Gasteiger partial charge >= 0.3 is 6.18 Å². The number of aromatic nitrogens is 1. The van der Waals surface area contributed by atoms with Gasteiger partial charge in [-0.3, -0.25) is 0 Å². The van der Waals surface area contributed by atoms with E-state index in [-0.39, 0.29) is 11.5 Å². The van der Waals surface area contributed by atoms with Crippen LogP contribution < -0.4 is 0 Å². The molecule has 1 aromatic heterocycles. The number of halogens is 3. The molecule has 3 rings (SSSR count). The summed E-state index contributed by atoms with van der Waals surface area (Å²) in [5, 5.41) is 0. The van der Waals surface area contributed by atoms with Crippen LogP contribution in [0, 0.1) is 0 Å². The van der Waals surface area contributed by atoms with Gasteiger partial charge in [0, 0.05) is 5.56 Å². The lowest BCUT2D eigenvalue weighted by Crippen LogP contribution is -2.06. The molecule has 0 saturated carbocycles.